The summed E-state index contributed by atoms with van der Waals surface area (Å²) < 4.78 is 1.84. The third-order valence-corrected chi connectivity index (χ3v) is 3.18. The monoisotopic (exact) mass is 249 g/mol. The molecule has 0 N–H and O–H groups in total. The minimum Gasteiger partial charge on any atom is -0.303 e. The average molecular weight is 250 g/mol. The van der Waals surface area contributed by atoms with Crippen LogP contribution < -0.4 is 4.87 Å². The molecule has 0 aliphatic carbocycles. The zero-order valence-corrected chi connectivity index (χ0v) is 9.45. The van der Waals surface area contributed by atoms with Crippen LogP contribution in [0.25, 0.3) is 0 Å². The van der Waals surface area contributed by atoms with E-state index in [0.717, 1.165) is 30.4 Å². The molecule has 0 saturated carbocycles. The van der Waals surface area contributed by atoms with Gasteiger partial charge in [0.2, 0.25) is 0 Å². The Hall–Kier alpha value is -0.0900. The molecule has 0 spiro atoms. The molecule has 2 nitrogen and oxygen atoms in total. The maximum atomic E-state index is 11.2. The van der Waals surface area contributed by atoms with Gasteiger partial charge in [0, 0.05) is 22.9 Å². The number of thiazole rings is 1. The van der Waals surface area contributed by atoms with Crippen LogP contribution >= 0.6 is 27.3 Å². The van der Waals surface area contributed by atoms with E-state index in [1.54, 1.807) is 0 Å². The van der Waals surface area contributed by atoms with Crippen molar-refractivity contribution in [3.05, 3.63) is 20.7 Å². The van der Waals surface area contributed by atoms with Crippen molar-refractivity contribution in [1.29, 1.82) is 0 Å². The molecule has 1 aromatic rings. The molecule has 0 aliphatic heterocycles. The van der Waals surface area contributed by atoms with Crippen molar-refractivity contribution >= 4 is 27.3 Å². The van der Waals surface area contributed by atoms with E-state index in [1.807, 2.05) is 16.9 Å². The molecule has 1 heterocycles. The van der Waals surface area contributed by atoms with Gasteiger partial charge in [-0.25, -0.2) is 0 Å². The molecule has 68 valence electrons. The zero-order valence-electron chi connectivity index (χ0n) is 7.05. The van der Waals surface area contributed by atoms with Crippen molar-refractivity contribution < 1.29 is 0 Å². The Bertz CT molecular complexity index is 291. The summed E-state index contributed by atoms with van der Waals surface area (Å²) in [7, 11) is 0. The summed E-state index contributed by atoms with van der Waals surface area (Å²) in [6, 6.07) is 0. The van der Waals surface area contributed by atoms with E-state index < -0.39 is 0 Å². The standard InChI is InChI=1S/C8H12BrNOS/c1-7-6-12-8(11)10(7)5-3-2-4-9/h6H,2-5H2,1H3. The highest BCUT2D eigenvalue weighted by atomic mass is 79.9. The Morgan fingerprint density at radius 1 is 1.58 bits per heavy atom. The molecule has 0 saturated heterocycles. The highest BCUT2D eigenvalue weighted by Gasteiger charge is 2.00. The lowest BCUT2D eigenvalue weighted by Crippen LogP contribution is -2.14. The van der Waals surface area contributed by atoms with Gasteiger partial charge in [0.1, 0.15) is 0 Å². The predicted octanol–water partition coefficient (Wildman–Crippen LogP) is 2.39. The summed E-state index contributed by atoms with van der Waals surface area (Å²) in [4.78, 5) is 11.4. The van der Waals surface area contributed by atoms with E-state index in [1.165, 1.54) is 11.3 Å². The number of hydrogen-bond acceptors (Lipinski definition) is 2. The van der Waals surface area contributed by atoms with Crippen molar-refractivity contribution in [2.75, 3.05) is 5.33 Å². The normalized spacial score (nSPS) is 10.5. The summed E-state index contributed by atoms with van der Waals surface area (Å²) in [6.45, 7) is 2.84. The second kappa shape index (κ2) is 4.82. The third kappa shape index (κ3) is 2.45. The van der Waals surface area contributed by atoms with Gasteiger partial charge in [-0.1, -0.05) is 27.3 Å². The first-order valence-electron chi connectivity index (χ1n) is 3.96. The minimum atomic E-state index is 0.169. The van der Waals surface area contributed by atoms with E-state index in [-0.39, 0.29) is 4.87 Å². The lowest BCUT2D eigenvalue weighted by Gasteiger charge is -2.01. The fraction of sp³-hybridized carbons (Fsp3) is 0.625. The van der Waals surface area contributed by atoms with Crippen molar-refractivity contribution in [3.63, 3.8) is 0 Å². The number of aryl methyl sites for hydroxylation is 1. The van der Waals surface area contributed by atoms with E-state index in [2.05, 4.69) is 15.9 Å². The van der Waals surface area contributed by atoms with Gasteiger partial charge in [-0.3, -0.25) is 4.79 Å². The summed E-state index contributed by atoms with van der Waals surface area (Å²) in [5.41, 5.74) is 1.08. The van der Waals surface area contributed by atoms with Gasteiger partial charge in [-0.05, 0) is 19.8 Å². The molecule has 0 amide bonds. The van der Waals surface area contributed by atoms with Crippen LogP contribution in [0.2, 0.25) is 0 Å². The molecule has 0 unspecified atom stereocenters. The Kier molecular flexibility index (Phi) is 4.01. The Labute approximate surface area is 84.4 Å². The first kappa shape index (κ1) is 9.99. The van der Waals surface area contributed by atoms with Crippen LogP contribution in [0.4, 0.5) is 0 Å². The van der Waals surface area contributed by atoms with Crippen molar-refractivity contribution in [2.24, 2.45) is 0 Å². The lowest BCUT2D eigenvalue weighted by molar-refractivity contribution is 0.615. The van der Waals surface area contributed by atoms with Crippen molar-refractivity contribution in [2.45, 2.75) is 26.3 Å². The first-order chi connectivity index (χ1) is 5.75. The lowest BCUT2D eigenvalue weighted by atomic mass is 10.3. The Morgan fingerprint density at radius 3 is 2.83 bits per heavy atom. The third-order valence-electron chi connectivity index (χ3n) is 1.74. The molecule has 0 radical (unpaired) electrons. The van der Waals surface area contributed by atoms with Gasteiger partial charge in [0.15, 0.2) is 0 Å². The summed E-state index contributed by atoms with van der Waals surface area (Å²) >= 11 is 4.65. The van der Waals surface area contributed by atoms with Gasteiger partial charge in [0.25, 0.3) is 0 Å². The predicted molar refractivity (Wildman–Crippen MR) is 56.3 cm³/mol. The first-order valence-corrected chi connectivity index (χ1v) is 5.96. The minimum absolute atomic E-state index is 0.169. The van der Waals surface area contributed by atoms with Crippen LogP contribution in [0.5, 0.6) is 0 Å². The second-order valence-corrected chi connectivity index (χ2v) is 4.30. The topological polar surface area (TPSA) is 22.0 Å². The van der Waals surface area contributed by atoms with E-state index in [9.17, 15) is 4.79 Å². The van der Waals surface area contributed by atoms with Crippen molar-refractivity contribution in [1.82, 2.24) is 4.57 Å². The van der Waals surface area contributed by atoms with Crippen molar-refractivity contribution in [3.8, 4) is 0 Å². The SMILES string of the molecule is Cc1csc(=O)n1CCCCBr. The number of alkyl halides is 1. The second-order valence-electron chi connectivity index (χ2n) is 2.69. The highest BCUT2D eigenvalue weighted by molar-refractivity contribution is 9.09. The summed E-state index contributed by atoms with van der Waals surface area (Å²) in [5.74, 6) is 0. The molecule has 0 fully saturated rings. The van der Waals surface area contributed by atoms with Crippen LogP contribution in [-0.4, -0.2) is 9.90 Å². The van der Waals surface area contributed by atoms with E-state index in [0.29, 0.717) is 0 Å². The fourth-order valence-electron chi connectivity index (χ4n) is 1.04. The van der Waals surface area contributed by atoms with E-state index in [4.69, 9.17) is 0 Å². The Morgan fingerprint density at radius 2 is 2.33 bits per heavy atom. The zero-order chi connectivity index (χ0) is 8.97. The molecule has 0 aliphatic rings. The number of unbranched alkanes of at least 4 members (excludes halogenated alkanes) is 1. The maximum absolute atomic E-state index is 11.2. The quantitative estimate of drug-likeness (QED) is 0.594. The van der Waals surface area contributed by atoms with Crippen LogP contribution in [0, 0.1) is 6.92 Å². The molecular formula is C8H12BrNOS. The average Bonchev–Trinajstić information content (AvgIpc) is 2.35. The van der Waals surface area contributed by atoms with Crippen LogP contribution in [-0.2, 0) is 6.54 Å². The molecule has 0 bridgehead atoms. The van der Waals surface area contributed by atoms with Crippen LogP contribution in [0.3, 0.4) is 0 Å². The molecular weight excluding hydrogens is 238 g/mol. The van der Waals surface area contributed by atoms with Gasteiger partial charge in [-0.15, -0.1) is 0 Å². The van der Waals surface area contributed by atoms with E-state index >= 15 is 0 Å². The number of hydrogen-bond donors (Lipinski definition) is 0. The van der Waals surface area contributed by atoms with Gasteiger partial charge < -0.3 is 4.57 Å². The Balaban J connectivity index is 2.56. The number of rotatable bonds is 4. The molecule has 4 heteroatoms. The molecule has 12 heavy (non-hydrogen) atoms. The highest BCUT2D eigenvalue weighted by Crippen LogP contribution is 2.02. The van der Waals surface area contributed by atoms with Gasteiger partial charge >= 0.3 is 4.87 Å². The van der Waals surface area contributed by atoms with Crippen LogP contribution in [0.1, 0.15) is 18.5 Å². The van der Waals surface area contributed by atoms with Crippen LogP contribution in [0.15, 0.2) is 10.2 Å². The molecule has 1 rings (SSSR count). The summed E-state index contributed by atoms with van der Waals surface area (Å²) in [6.07, 6.45) is 2.20. The maximum Gasteiger partial charge on any atom is 0.307 e. The smallest absolute Gasteiger partial charge is 0.303 e. The molecule has 0 atom stereocenters. The summed E-state index contributed by atoms with van der Waals surface area (Å²) in [5, 5.41) is 2.93. The molecule has 1 aromatic heterocycles. The van der Waals surface area contributed by atoms with Gasteiger partial charge in [-0.2, -0.15) is 0 Å². The number of halogens is 1. The number of nitrogens with zero attached hydrogens (tertiary/aromatic N) is 1. The van der Waals surface area contributed by atoms with Gasteiger partial charge in [0.05, 0.1) is 0 Å². The fourth-order valence-corrected chi connectivity index (χ4v) is 2.20. The number of aromatic nitrogens is 1. The molecule has 0 aromatic carbocycles. The largest absolute Gasteiger partial charge is 0.307 e.